The van der Waals surface area contributed by atoms with Gasteiger partial charge in [-0.25, -0.2) is 9.78 Å². The Morgan fingerprint density at radius 1 is 1.42 bits per heavy atom. The largest absolute Gasteiger partial charge is 0.478 e. The van der Waals surface area contributed by atoms with Crippen LogP contribution in [-0.4, -0.2) is 25.8 Å². The number of para-hydroxylation sites is 1. The van der Waals surface area contributed by atoms with Gasteiger partial charge in [-0.2, -0.15) is 5.10 Å². The molecular formula is C13H11N3O3. The van der Waals surface area contributed by atoms with Crippen molar-refractivity contribution in [3.05, 3.63) is 35.7 Å². The third-order valence-electron chi connectivity index (χ3n) is 3.11. The molecule has 0 spiro atoms. The number of fused-ring (bicyclic) bond motifs is 1. The summed E-state index contributed by atoms with van der Waals surface area (Å²) in [6.07, 6.45) is 1.65. The van der Waals surface area contributed by atoms with Crippen molar-refractivity contribution in [2.45, 2.75) is 6.92 Å². The average molecular weight is 257 g/mol. The fraction of sp³-hybridized carbons (Fsp3) is 0.154. The number of oxazole rings is 1. The summed E-state index contributed by atoms with van der Waals surface area (Å²) < 4.78 is 7.31. The maximum atomic E-state index is 11.1. The van der Waals surface area contributed by atoms with Gasteiger partial charge in [0.05, 0.1) is 11.8 Å². The summed E-state index contributed by atoms with van der Waals surface area (Å²) in [6.45, 7) is 1.90. The van der Waals surface area contributed by atoms with Crippen LogP contribution in [-0.2, 0) is 7.05 Å². The van der Waals surface area contributed by atoms with E-state index in [0.717, 1.165) is 11.3 Å². The molecule has 0 saturated carbocycles. The molecule has 0 fully saturated rings. The van der Waals surface area contributed by atoms with Gasteiger partial charge in [-0.1, -0.05) is 6.07 Å². The van der Waals surface area contributed by atoms with Crippen molar-refractivity contribution in [3.8, 4) is 11.5 Å². The van der Waals surface area contributed by atoms with Crippen LogP contribution in [0.2, 0.25) is 0 Å². The molecule has 6 nitrogen and oxygen atoms in total. The van der Waals surface area contributed by atoms with Crippen LogP contribution in [0.1, 0.15) is 16.1 Å². The fourth-order valence-corrected chi connectivity index (χ4v) is 1.94. The minimum absolute atomic E-state index is 0.109. The van der Waals surface area contributed by atoms with Gasteiger partial charge in [-0.05, 0) is 19.1 Å². The van der Waals surface area contributed by atoms with Gasteiger partial charge in [0.1, 0.15) is 11.1 Å². The smallest absolute Gasteiger partial charge is 0.339 e. The zero-order chi connectivity index (χ0) is 13.6. The van der Waals surface area contributed by atoms with Gasteiger partial charge in [0.15, 0.2) is 5.58 Å². The highest BCUT2D eigenvalue weighted by Crippen LogP contribution is 2.28. The molecule has 0 bridgehead atoms. The van der Waals surface area contributed by atoms with Crippen LogP contribution in [0.5, 0.6) is 0 Å². The van der Waals surface area contributed by atoms with Gasteiger partial charge in [0.2, 0.25) is 5.89 Å². The van der Waals surface area contributed by atoms with Crippen molar-refractivity contribution in [1.29, 1.82) is 0 Å². The zero-order valence-electron chi connectivity index (χ0n) is 10.4. The number of hydrogen-bond donors (Lipinski definition) is 1. The number of aromatic carboxylic acids is 1. The fourth-order valence-electron chi connectivity index (χ4n) is 1.94. The summed E-state index contributed by atoms with van der Waals surface area (Å²) in [5, 5.41) is 13.2. The lowest BCUT2D eigenvalue weighted by molar-refractivity contribution is 0.0698. The van der Waals surface area contributed by atoms with Crippen molar-refractivity contribution in [2.24, 2.45) is 7.05 Å². The van der Waals surface area contributed by atoms with E-state index < -0.39 is 5.97 Å². The van der Waals surface area contributed by atoms with Crippen molar-refractivity contribution in [1.82, 2.24) is 14.8 Å². The third kappa shape index (κ3) is 1.69. The Labute approximate surface area is 108 Å². The second-order valence-electron chi connectivity index (χ2n) is 4.25. The molecule has 0 aliphatic carbocycles. The zero-order valence-corrected chi connectivity index (χ0v) is 10.4. The molecule has 0 amide bonds. The molecule has 6 heteroatoms. The molecule has 2 aromatic heterocycles. The highest BCUT2D eigenvalue weighted by atomic mass is 16.4. The Hall–Kier alpha value is -2.63. The molecule has 0 radical (unpaired) electrons. The Bertz CT molecular complexity index is 786. The van der Waals surface area contributed by atoms with E-state index >= 15 is 0 Å². The van der Waals surface area contributed by atoms with Crippen LogP contribution in [0, 0.1) is 6.92 Å². The quantitative estimate of drug-likeness (QED) is 0.761. The molecule has 0 aliphatic rings. The predicted molar refractivity (Wildman–Crippen MR) is 67.9 cm³/mol. The number of carbonyl (C=O) groups is 1. The van der Waals surface area contributed by atoms with E-state index in [1.54, 1.807) is 23.0 Å². The summed E-state index contributed by atoms with van der Waals surface area (Å²) in [7, 11) is 1.82. The second kappa shape index (κ2) is 3.94. The number of aromatic nitrogens is 3. The summed E-state index contributed by atoms with van der Waals surface area (Å²) >= 11 is 0. The first-order chi connectivity index (χ1) is 9.08. The van der Waals surface area contributed by atoms with Gasteiger partial charge in [0.25, 0.3) is 0 Å². The lowest BCUT2D eigenvalue weighted by Crippen LogP contribution is -1.95. The van der Waals surface area contributed by atoms with Gasteiger partial charge in [-0.15, -0.1) is 0 Å². The van der Waals surface area contributed by atoms with Crippen molar-refractivity contribution in [3.63, 3.8) is 0 Å². The SMILES string of the molecule is Cc1c(-c2nc3cccc(C(=O)O)c3o2)cnn1C. The molecule has 3 aromatic rings. The van der Waals surface area contributed by atoms with Crippen molar-refractivity contribution < 1.29 is 14.3 Å². The first kappa shape index (κ1) is 11.5. The number of nitrogens with zero attached hydrogens (tertiary/aromatic N) is 3. The van der Waals surface area contributed by atoms with Crippen LogP contribution < -0.4 is 0 Å². The Balaban J connectivity index is 2.25. The first-order valence-electron chi connectivity index (χ1n) is 5.69. The molecule has 19 heavy (non-hydrogen) atoms. The van der Waals surface area contributed by atoms with E-state index in [4.69, 9.17) is 9.52 Å². The predicted octanol–water partition coefficient (Wildman–Crippen LogP) is 2.23. The van der Waals surface area contributed by atoms with E-state index in [1.807, 2.05) is 14.0 Å². The molecular weight excluding hydrogens is 246 g/mol. The Morgan fingerprint density at radius 3 is 2.84 bits per heavy atom. The number of benzene rings is 1. The number of hydrogen-bond acceptors (Lipinski definition) is 4. The van der Waals surface area contributed by atoms with E-state index in [9.17, 15) is 4.79 Å². The number of rotatable bonds is 2. The standard InChI is InChI=1S/C13H11N3O3/c1-7-9(6-14-16(7)2)12-15-10-5-3-4-8(13(17)18)11(10)19-12/h3-6H,1-2H3,(H,17,18). The molecule has 96 valence electrons. The van der Waals surface area contributed by atoms with Gasteiger partial charge in [-0.3, -0.25) is 4.68 Å². The molecule has 1 aromatic carbocycles. The second-order valence-corrected chi connectivity index (χ2v) is 4.25. The van der Waals surface area contributed by atoms with Crippen molar-refractivity contribution in [2.75, 3.05) is 0 Å². The van der Waals surface area contributed by atoms with Crippen LogP contribution in [0.15, 0.2) is 28.8 Å². The molecule has 0 unspecified atom stereocenters. The normalized spacial score (nSPS) is 11.1. The maximum absolute atomic E-state index is 11.1. The highest BCUT2D eigenvalue weighted by molar-refractivity contribution is 6.00. The summed E-state index contributed by atoms with van der Waals surface area (Å²) in [5.74, 6) is -0.648. The molecule has 0 aliphatic heterocycles. The van der Waals surface area contributed by atoms with E-state index in [-0.39, 0.29) is 11.1 Å². The summed E-state index contributed by atoms with van der Waals surface area (Å²) in [6, 6.07) is 4.87. The summed E-state index contributed by atoms with van der Waals surface area (Å²) in [5.41, 5.74) is 2.59. The number of carboxylic acids is 1. The minimum atomic E-state index is -1.03. The lowest BCUT2D eigenvalue weighted by Gasteiger charge is -1.95. The van der Waals surface area contributed by atoms with Gasteiger partial charge >= 0.3 is 5.97 Å². The van der Waals surface area contributed by atoms with Crippen LogP contribution in [0.4, 0.5) is 0 Å². The van der Waals surface area contributed by atoms with Crippen LogP contribution in [0.3, 0.4) is 0 Å². The third-order valence-corrected chi connectivity index (χ3v) is 3.11. The molecule has 1 N–H and O–H groups in total. The lowest BCUT2D eigenvalue weighted by atomic mass is 10.2. The van der Waals surface area contributed by atoms with Gasteiger partial charge < -0.3 is 9.52 Å². The molecule has 3 rings (SSSR count). The number of carboxylic acid groups (broad SMARTS) is 1. The molecule has 2 heterocycles. The van der Waals surface area contributed by atoms with Crippen LogP contribution in [0.25, 0.3) is 22.6 Å². The first-order valence-corrected chi connectivity index (χ1v) is 5.69. The summed E-state index contributed by atoms with van der Waals surface area (Å²) in [4.78, 5) is 15.4. The van der Waals surface area contributed by atoms with Crippen molar-refractivity contribution >= 4 is 17.1 Å². The van der Waals surface area contributed by atoms with E-state index in [1.165, 1.54) is 6.07 Å². The van der Waals surface area contributed by atoms with Gasteiger partial charge in [0, 0.05) is 12.7 Å². The highest BCUT2D eigenvalue weighted by Gasteiger charge is 2.17. The topological polar surface area (TPSA) is 81.2 Å². The Morgan fingerprint density at radius 2 is 2.21 bits per heavy atom. The van der Waals surface area contributed by atoms with E-state index in [0.29, 0.717) is 11.4 Å². The van der Waals surface area contributed by atoms with Crippen LogP contribution >= 0.6 is 0 Å². The maximum Gasteiger partial charge on any atom is 0.339 e. The molecule has 0 atom stereocenters. The monoisotopic (exact) mass is 257 g/mol. The molecule has 0 saturated heterocycles. The number of aryl methyl sites for hydroxylation is 1. The minimum Gasteiger partial charge on any atom is -0.478 e. The average Bonchev–Trinajstić information content (AvgIpc) is 2.93. The Kier molecular flexibility index (Phi) is 2.38. The van der Waals surface area contributed by atoms with E-state index in [2.05, 4.69) is 10.1 Å².